The van der Waals surface area contributed by atoms with Crippen LogP contribution in [0.25, 0.3) is 0 Å². The van der Waals surface area contributed by atoms with Crippen LogP contribution in [0, 0.1) is 13.8 Å². The molecule has 5 heteroatoms. The predicted octanol–water partition coefficient (Wildman–Crippen LogP) is 4.74. The molecule has 0 bridgehead atoms. The van der Waals surface area contributed by atoms with Crippen molar-refractivity contribution in [3.63, 3.8) is 0 Å². The molecule has 0 spiro atoms. The monoisotopic (exact) mass is 392 g/mol. The van der Waals surface area contributed by atoms with E-state index in [1.54, 1.807) is 6.07 Å². The van der Waals surface area contributed by atoms with Crippen molar-refractivity contribution in [2.45, 2.75) is 39.5 Å². The second kappa shape index (κ2) is 8.68. The number of anilines is 1. The van der Waals surface area contributed by atoms with Crippen LogP contribution in [0.2, 0.25) is 0 Å². The second-order valence-electron chi connectivity index (χ2n) is 7.70. The summed E-state index contributed by atoms with van der Waals surface area (Å²) in [6.45, 7) is 6.37. The van der Waals surface area contributed by atoms with E-state index >= 15 is 0 Å². The van der Waals surface area contributed by atoms with Crippen molar-refractivity contribution in [2.75, 3.05) is 31.2 Å². The third kappa shape index (κ3) is 4.29. The number of rotatable bonds is 4. The van der Waals surface area contributed by atoms with Gasteiger partial charge >= 0.3 is 0 Å². The van der Waals surface area contributed by atoms with Crippen LogP contribution in [-0.2, 0) is 0 Å². The lowest BCUT2D eigenvalue weighted by atomic mass is 10.0. The van der Waals surface area contributed by atoms with Crippen LogP contribution in [0.15, 0.2) is 41.4 Å². The molecule has 0 atom stereocenters. The summed E-state index contributed by atoms with van der Waals surface area (Å²) in [4.78, 5) is 20.2. The SMILES string of the molecule is Cc1cccc(N(CC(=O)c2ccc3c(c2)OCCO3)C2=NCCCCC2)c1C. The third-order valence-electron chi connectivity index (χ3n) is 5.70. The van der Waals surface area contributed by atoms with E-state index in [2.05, 4.69) is 36.9 Å². The summed E-state index contributed by atoms with van der Waals surface area (Å²) in [6, 6.07) is 11.7. The molecule has 0 fully saturated rings. The number of carbonyl (C=O) groups excluding carboxylic acids is 1. The van der Waals surface area contributed by atoms with Gasteiger partial charge < -0.3 is 14.4 Å². The van der Waals surface area contributed by atoms with E-state index in [1.165, 1.54) is 17.5 Å². The Bertz CT molecular complexity index is 936. The fourth-order valence-electron chi connectivity index (χ4n) is 3.87. The molecule has 2 aliphatic heterocycles. The van der Waals surface area contributed by atoms with Gasteiger partial charge in [0.05, 0.1) is 6.54 Å². The largest absolute Gasteiger partial charge is 0.486 e. The number of nitrogens with zero attached hydrogens (tertiary/aromatic N) is 2. The standard InChI is InChI=1S/C24H28N2O3/c1-17-7-6-8-20(18(17)2)26(24-9-4-3-5-12-25-24)16-21(27)19-10-11-22-23(15-19)29-14-13-28-22/h6-8,10-11,15H,3-5,9,12-14,16H2,1-2H3. The van der Waals surface area contributed by atoms with E-state index in [-0.39, 0.29) is 12.3 Å². The molecule has 5 nitrogen and oxygen atoms in total. The summed E-state index contributed by atoms with van der Waals surface area (Å²) < 4.78 is 11.2. The number of hydrogen-bond donors (Lipinski definition) is 0. The molecular formula is C24H28N2O3. The van der Waals surface area contributed by atoms with Crippen molar-refractivity contribution in [1.82, 2.24) is 0 Å². The smallest absolute Gasteiger partial charge is 0.182 e. The molecule has 29 heavy (non-hydrogen) atoms. The summed E-state index contributed by atoms with van der Waals surface area (Å²) in [7, 11) is 0. The van der Waals surface area contributed by atoms with Crippen molar-refractivity contribution < 1.29 is 14.3 Å². The zero-order chi connectivity index (χ0) is 20.2. The second-order valence-corrected chi connectivity index (χ2v) is 7.70. The third-order valence-corrected chi connectivity index (χ3v) is 5.70. The molecule has 0 amide bonds. The highest BCUT2D eigenvalue weighted by Gasteiger charge is 2.22. The van der Waals surface area contributed by atoms with Crippen molar-refractivity contribution in [3.05, 3.63) is 53.1 Å². The Kier molecular flexibility index (Phi) is 5.84. The van der Waals surface area contributed by atoms with Gasteiger partial charge in [-0.15, -0.1) is 0 Å². The Morgan fingerprint density at radius 1 is 1.03 bits per heavy atom. The summed E-state index contributed by atoms with van der Waals surface area (Å²) >= 11 is 0. The highest BCUT2D eigenvalue weighted by Crippen LogP contribution is 2.31. The first-order valence-electron chi connectivity index (χ1n) is 10.4. The molecule has 0 aliphatic carbocycles. The number of ketones is 1. The van der Waals surface area contributed by atoms with Crippen LogP contribution in [0.4, 0.5) is 5.69 Å². The first-order valence-corrected chi connectivity index (χ1v) is 10.4. The lowest BCUT2D eigenvalue weighted by molar-refractivity contribution is 0.100. The lowest BCUT2D eigenvalue weighted by Gasteiger charge is -2.28. The number of fused-ring (bicyclic) bond motifs is 1. The van der Waals surface area contributed by atoms with E-state index in [4.69, 9.17) is 14.5 Å². The Morgan fingerprint density at radius 2 is 1.86 bits per heavy atom. The van der Waals surface area contributed by atoms with Gasteiger partial charge in [0.1, 0.15) is 19.0 Å². The molecule has 0 saturated carbocycles. The van der Waals surface area contributed by atoms with Crippen LogP contribution in [0.3, 0.4) is 0 Å². The maximum absolute atomic E-state index is 13.2. The molecule has 2 aromatic rings. The fourth-order valence-corrected chi connectivity index (χ4v) is 3.87. The molecule has 2 aromatic carbocycles. The average Bonchev–Trinajstić information content (AvgIpc) is 3.03. The number of ether oxygens (including phenoxy) is 2. The number of aliphatic imine (C=N–C) groups is 1. The maximum Gasteiger partial charge on any atom is 0.182 e. The van der Waals surface area contributed by atoms with Gasteiger partial charge in [-0.25, -0.2) is 0 Å². The van der Waals surface area contributed by atoms with Crippen molar-refractivity contribution in [1.29, 1.82) is 0 Å². The maximum atomic E-state index is 13.2. The summed E-state index contributed by atoms with van der Waals surface area (Å²) in [5.74, 6) is 2.41. The number of benzene rings is 2. The van der Waals surface area contributed by atoms with Gasteiger partial charge in [0.15, 0.2) is 17.3 Å². The van der Waals surface area contributed by atoms with Gasteiger partial charge in [0.25, 0.3) is 0 Å². The molecule has 2 aliphatic rings. The van der Waals surface area contributed by atoms with Gasteiger partial charge in [-0.1, -0.05) is 18.6 Å². The number of amidine groups is 1. The van der Waals surface area contributed by atoms with Gasteiger partial charge in [0.2, 0.25) is 0 Å². The van der Waals surface area contributed by atoms with Crippen LogP contribution >= 0.6 is 0 Å². The molecule has 4 rings (SSSR count). The predicted molar refractivity (Wildman–Crippen MR) is 116 cm³/mol. The normalized spacial score (nSPS) is 16.0. The Hall–Kier alpha value is -2.82. The van der Waals surface area contributed by atoms with E-state index in [0.29, 0.717) is 30.3 Å². The van der Waals surface area contributed by atoms with Gasteiger partial charge in [-0.3, -0.25) is 9.79 Å². The van der Waals surface area contributed by atoms with Crippen LogP contribution in [0.1, 0.15) is 47.2 Å². The van der Waals surface area contributed by atoms with E-state index in [0.717, 1.165) is 37.3 Å². The minimum Gasteiger partial charge on any atom is -0.486 e. The first-order chi connectivity index (χ1) is 14.1. The number of Topliss-reactive ketones (excluding diaryl/α,β-unsaturated/α-hetero) is 1. The Labute approximate surface area is 172 Å². The minimum atomic E-state index is 0.0508. The fraction of sp³-hybridized carbons (Fsp3) is 0.417. The molecule has 0 N–H and O–H groups in total. The van der Waals surface area contributed by atoms with Crippen LogP contribution in [-0.4, -0.2) is 37.9 Å². The summed E-state index contributed by atoms with van der Waals surface area (Å²) in [5, 5.41) is 0. The topological polar surface area (TPSA) is 51.1 Å². The summed E-state index contributed by atoms with van der Waals surface area (Å²) in [6.07, 6.45) is 4.31. The van der Waals surface area contributed by atoms with E-state index in [1.807, 2.05) is 12.1 Å². The molecule has 0 unspecified atom stereocenters. The quantitative estimate of drug-likeness (QED) is 0.706. The first kappa shape index (κ1) is 19.5. The molecule has 152 valence electrons. The zero-order valence-corrected chi connectivity index (χ0v) is 17.2. The molecule has 0 aromatic heterocycles. The lowest BCUT2D eigenvalue weighted by Crippen LogP contribution is -2.36. The highest BCUT2D eigenvalue weighted by atomic mass is 16.6. The molecule has 0 saturated heterocycles. The Morgan fingerprint density at radius 3 is 2.72 bits per heavy atom. The molecular weight excluding hydrogens is 364 g/mol. The number of aryl methyl sites for hydroxylation is 1. The highest BCUT2D eigenvalue weighted by molar-refractivity contribution is 6.07. The average molecular weight is 392 g/mol. The van der Waals surface area contributed by atoms with Crippen molar-refractivity contribution in [2.24, 2.45) is 4.99 Å². The van der Waals surface area contributed by atoms with Gasteiger partial charge in [0, 0.05) is 24.2 Å². The minimum absolute atomic E-state index is 0.0508. The number of hydrogen-bond acceptors (Lipinski definition) is 5. The van der Waals surface area contributed by atoms with Crippen LogP contribution < -0.4 is 14.4 Å². The van der Waals surface area contributed by atoms with Gasteiger partial charge in [-0.05, 0) is 62.1 Å². The summed E-state index contributed by atoms with van der Waals surface area (Å²) in [5.41, 5.74) is 4.11. The van der Waals surface area contributed by atoms with Crippen molar-refractivity contribution >= 4 is 17.3 Å². The van der Waals surface area contributed by atoms with E-state index < -0.39 is 0 Å². The Balaban J connectivity index is 1.65. The van der Waals surface area contributed by atoms with E-state index in [9.17, 15) is 4.79 Å². The zero-order valence-electron chi connectivity index (χ0n) is 17.2. The molecule has 2 heterocycles. The number of carbonyl (C=O) groups is 1. The van der Waals surface area contributed by atoms with Crippen LogP contribution in [0.5, 0.6) is 11.5 Å². The van der Waals surface area contributed by atoms with Gasteiger partial charge in [-0.2, -0.15) is 0 Å². The van der Waals surface area contributed by atoms with Crippen molar-refractivity contribution in [3.8, 4) is 11.5 Å². The molecule has 0 radical (unpaired) electrons.